The first-order chi connectivity index (χ1) is 17.2. The maximum atomic E-state index is 12.2. The Kier molecular flexibility index (Phi) is 18.7. The highest BCUT2D eigenvalue weighted by Crippen LogP contribution is 2.20. The number of carboxylic acid groups (broad SMARTS) is 1. The Morgan fingerprint density at radius 1 is 0.778 bits per heavy atom. The molecule has 4 N–H and O–H groups in total. The summed E-state index contributed by atoms with van der Waals surface area (Å²) in [4.78, 5) is 52.5. The number of hydrogen-bond acceptors (Lipinski definition) is 8. The second kappa shape index (κ2) is 20.8. The smallest absolute Gasteiger partial charge is 0.303 e. The number of carbonyl (C=O) groups excluding carboxylic acids is 3. The predicted molar refractivity (Wildman–Crippen MR) is 128 cm³/mol. The average molecular weight is 514 g/mol. The first kappa shape index (κ1) is 32.4. The number of hydrogen-bond donors (Lipinski definition) is 4. The molecule has 36 heavy (non-hydrogen) atoms. The summed E-state index contributed by atoms with van der Waals surface area (Å²) in [5.74, 6) is -2.14. The summed E-state index contributed by atoms with van der Waals surface area (Å²) in [6, 6.07) is 0. The second-order valence-corrected chi connectivity index (χ2v) is 7.84. The Morgan fingerprint density at radius 3 is 1.67 bits per heavy atom. The van der Waals surface area contributed by atoms with E-state index >= 15 is 0 Å². The molecule has 3 amide bonds. The van der Waals surface area contributed by atoms with Crippen molar-refractivity contribution in [3.63, 3.8) is 0 Å². The Hall–Kier alpha value is -3.58. The molecule has 0 aliphatic heterocycles. The number of carbonyl (C=O) groups is 4. The van der Waals surface area contributed by atoms with E-state index in [1.807, 2.05) is 0 Å². The van der Waals surface area contributed by atoms with Crippen LogP contribution < -0.4 is 16.0 Å². The van der Waals surface area contributed by atoms with Crippen molar-refractivity contribution in [1.82, 2.24) is 16.0 Å². The van der Waals surface area contributed by atoms with E-state index in [1.54, 1.807) is 6.92 Å². The fraction of sp³-hybridized carbons (Fsp3) is 0.800. The molecule has 0 fully saturated rings. The zero-order chi connectivity index (χ0) is 27.1. The van der Waals surface area contributed by atoms with Crippen LogP contribution in [-0.4, -0.2) is 86.9 Å². The van der Waals surface area contributed by atoms with Crippen molar-refractivity contribution in [1.29, 1.82) is 0 Å². The average Bonchev–Trinajstić information content (AvgIpc) is 2.84. The number of aliphatic carboxylic acids is 1. The zero-order valence-electron chi connectivity index (χ0n) is 20.5. The van der Waals surface area contributed by atoms with Crippen LogP contribution >= 0.6 is 0 Å². The van der Waals surface area contributed by atoms with Crippen LogP contribution in [0.15, 0.2) is 10.2 Å². The van der Waals surface area contributed by atoms with E-state index in [1.165, 1.54) is 0 Å². The second-order valence-electron chi connectivity index (χ2n) is 7.84. The molecule has 16 heteroatoms. The van der Waals surface area contributed by atoms with E-state index in [9.17, 15) is 19.2 Å². The molecule has 16 nitrogen and oxygen atoms in total. The minimum Gasteiger partial charge on any atom is -0.481 e. The summed E-state index contributed by atoms with van der Waals surface area (Å²) < 4.78 is 10.4. The van der Waals surface area contributed by atoms with Gasteiger partial charge in [-0.05, 0) is 30.8 Å². The summed E-state index contributed by atoms with van der Waals surface area (Å²) in [6.07, 6.45) is 0.0342. The van der Waals surface area contributed by atoms with Crippen molar-refractivity contribution >= 4 is 23.7 Å². The molecule has 0 radical (unpaired) electrons. The summed E-state index contributed by atoms with van der Waals surface area (Å²) in [5.41, 5.74) is 15.4. The monoisotopic (exact) mass is 513 g/mol. The molecule has 0 atom stereocenters. The van der Waals surface area contributed by atoms with Crippen molar-refractivity contribution in [3.05, 3.63) is 20.9 Å². The van der Waals surface area contributed by atoms with Crippen LogP contribution in [0.3, 0.4) is 0 Å². The lowest BCUT2D eigenvalue weighted by molar-refractivity contribution is -0.139. The van der Waals surface area contributed by atoms with Gasteiger partial charge in [0.1, 0.15) is 0 Å². The lowest BCUT2D eigenvalue weighted by Crippen LogP contribution is -2.47. The van der Waals surface area contributed by atoms with E-state index in [-0.39, 0.29) is 103 Å². The molecule has 0 aromatic heterocycles. The van der Waals surface area contributed by atoms with E-state index in [2.05, 4.69) is 36.0 Å². The molecular formula is C20H35N9O7. The fourth-order valence-corrected chi connectivity index (χ4v) is 2.85. The molecule has 0 rings (SSSR count). The van der Waals surface area contributed by atoms with Gasteiger partial charge in [0.15, 0.2) is 0 Å². The SMILES string of the molecule is CC(CCC(=O)NCCOCCN=[N+]=[N-])(CCC(=O)NCCOCCN=[N+]=[N-])NC(=O)CCC(=O)O. The molecule has 0 aromatic rings. The normalized spacial score (nSPS) is 11.8. The van der Waals surface area contributed by atoms with Crippen LogP contribution in [0.5, 0.6) is 0 Å². The van der Waals surface area contributed by atoms with Gasteiger partial charge in [-0.2, -0.15) is 0 Å². The van der Waals surface area contributed by atoms with Crippen molar-refractivity contribution < 1.29 is 33.8 Å². The molecule has 0 saturated heterocycles. The minimum atomic E-state index is -1.10. The highest BCUT2D eigenvalue weighted by atomic mass is 16.5. The van der Waals surface area contributed by atoms with Gasteiger partial charge in [-0.25, -0.2) is 0 Å². The van der Waals surface area contributed by atoms with Gasteiger partial charge in [-0.1, -0.05) is 10.2 Å². The van der Waals surface area contributed by atoms with Crippen molar-refractivity contribution in [2.75, 3.05) is 52.6 Å². The van der Waals surface area contributed by atoms with Crippen molar-refractivity contribution in [3.8, 4) is 0 Å². The zero-order valence-corrected chi connectivity index (χ0v) is 20.5. The Morgan fingerprint density at radius 2 is 1.25 bits per heavy atom. The lowest BCUT2D eigenvalue weighted by atomic mass is 9.89. The number of amides is 3. The summed E-state index contributed by atoms with van der Waals surface area (Å²) in [6.45, 7) is 3.56. The Bertz CT molecular complexity index is 750. The topological polar surface area (TPSA) is 241 Å². The van der Waals surface area contributed by atoms with Crippen LogP contribution in [0.25, 0.3) is 20.9 Å². The maximum absolute atomic E-state index is 12.2. The van der Waals surface area contributed by atoms with E-state index in [4.69, 9.17) is 25.6 Å². The number of nitrogens with zero attached hydrogens (tertiary/aromatic N) is 6. The van der Waals surface area contributed by atoms with Crippen molar-refractivity contribution in [2.45, 2.75) is 51.0 Å². The number of azide groups is 2. The predicted octanol–water partition coefficient (Wildman–Crippen LogP) is 1.17. The summed E-state index contributed by atoms with van der Waals surface area (Å²) >= 11 is 0. The van der Waals surface area contributed by atoms with Crippen LogP contribution in [-0.2, 0) is 28.7 Å². The third-order valence-electron chi connectivity index (χ3n) is 4.75. The van der Waals surface area contributed by atoms with Gasteiger partial charge in [0.2, 0.25) is 17.7 Å². The maximum Gasteiger partial charge on any atom is 0.303 e. The van der Waals surface area contributed by atoms with Crippen LogP contribution in [0.4, 0.5) is 0 Å². The lowest BCUT2D eigenvalue weighted by Gasteiger charge is -2.31. The van der Waals surface area contributed by atoms with E-state index < -0.39 is 17.4 Å². The summed E-state index contributed by atoms with van der Waals surface area (Å²) in [5, 5.41) is 23.6. The number of ether oxygens (including phenoxy) is 2. The molecule has 0 heterocycles. The third kappa shape index (κ3) is 19.9. The molecule has 0 unspecified atom stereocenters. The Balaban J connectivity index is 4.58. The van der Waals surface area contributed by atoms with Crippen LogP contribution in [0, 0.1) is 0 Å². The van der Waals surface area contributed by atoms with Crippen molar-refractivity contribution in [2.24, 2.45) is 10.2 Å². The van der Waals surface area contributed by atoms with E-state index in [0.717, 1.165) is 0 Å². The van der Waals surface area contributed by atoms with Gasteiger partial charge in [-0.15, -0.1) is 0 Å². The van der Waals surface area contributed by atoms with Gasteiger partial charge in [0, 0.05) is 60.8 Å². The molecular weight excluding hydrogens is 478 g/mol. The first-order valence-electron chi connectivity index (χ1n) is 11.5. The standard InChI is InChI=1S/C20H35N9O7/c1-20(27-18(32)2-3-19(33)34,6-4-16(30)23-8-12-35-14-10-25-28-21)7-5-17(31)24-9-13-36-15-11-26-29-22/h2-15H2,1H3,(H,23,30)(H,24,31)(H,27,32)(H,33,34). The number of nitrogens with one attached hydrogen (secondary N) is 3. The van der Waals surface area contributed by atoms with Gasteiger partial charge in [0.05, 0.1) is 32.8 Å². The van der Waals surface area contributed by atoms with Gasteiger partial charge in [0.25, 0.3) is 0 Å². The fourth-order valence-electron chi connectivity index (χ4n) is 2.85. The first-order valence-corrected chi connectivity index (χ1v) is 11.5. The van der Waals surface area contributed by atoms with Gasteiger partial charge < -0.3 is 30.5 Å². The van der Waals surface area contributed by atoms with Crippen LogP contribution in [0.1, 0.15) is 45.4 Å². The number of rotatable bonds is 22. The largest absolute Gasteiger partial charge is 0.481 e. The molecule has 0 aromatic carbocycles. The highest BCUT2D eigenvalue weighted by molar-refractivity contribution is 5.81. The molecule has 0 bridgehead atoms. The highest BCUT2D eigenvalue weighted by Gasteiger charge is 2.28. The van der Waals surface area contributed by atoms with Gasteiger partial charge in [-0.3, -0.25) is 19.2 Å². The Labute approximate surface area is 208 Å². The minimum absolute atomic E-state index is 0.0646. The summed E-state index contributed by atoms with van der Waals surface area (Å²) in [7, 11) is 0. The van der Waals surface area contributed by atoms with E-state index in [0.29, 0.717) is 0 Å². The molecule has 0 aliphatic rings. The number of carboxylic acids is 1. The third-order valence-corrected chi connectivity index (χ3v) is 4.75. The molecule has 202 valence electrons. The van der Waals surface area contributed by atoms with Crippen LogP contribution in [0.2, 0.25) is 0 Å². The molecule has 0 spiro atoms. The molecule has 0 saturated carbocycles. The quantitative estimate of drug-likeness (QED) is 0.0711. The molecule has 0 aliphatic carbocycles. The van der Waals surface area contributed by atoms with Gasteiger partial charge >= 0.3 is 5.97 Å².